The lowest BCUT2D eigenvalue weighted by Crippen LogP contribution is -2.21. The van der Waals surface area contributed by atoms with E-state index >= 15 is 0 Å². The largest absolute Gasteiger partial charge is 0.482 e. The summed E-state index contributed by atoms with van der Waals surface area (Å²) in [6, 6.07) is 5.37. The van der Waals surface area contributed by atoms with Crippen LogP contribution in [0.4, 0.5) is 5.00 Å². The van der Waals surface area contributed by atoms with Crippen LogP contribution in [0, 0.1) is 13.8 Å². The fraction of sp³-hybridized carbons (Fsp3) is 0.346. The summed E-state index contributed by atoms with van der Waals surface area (Å²) >= 11 is 8.26. The van der Waals surface area contributed by atoms with E-state index in [1.807, 2.05) is 24.5 Å². The predicted octanol–water partition coefficient (Wildman–Crippen LogP) is 5.16. The van der Waals surface area contributed by atoms with Gasteiger partial charge < -0.3 is 19.7 Å². The van der Waals surface area contributed by atoms with E-state index in [-0.39, 0.29) is 28.1 Å². The third kappa shape index (κ3) is 7.00. The number of benzene rings is 1. The summed E-state index contributed by atoms with van der Waals surface area (Å²) in [6.45, 7) is 9.64. The number of anilines is 1. The van der Waals surface area contributed by atoms with Crippen molar-refractivity contribution in [2.75, 3.05) is 32.3 Å². The molecule has 0 bridgehead atoms. The summed E-state index contributed by atoms with van der Waals surface area (Å²) in [7, 11) is 4.48. The molecule has 0 saturated carbocycles. The number of amides is 2. The highest BCUT2D eigenvalue weighted by molar-refractivity contribution is 7.99. The van der Waals surface area contributed by atoms with Gasteiger partial charge in [-0.05, 0) is 50.1 Å². The Morgan fingerprint density at radius 1 is 1.28 bits per heavy atom. The van der Waals surface area contributed by atoms with Gasteiger partial charge in [0, 0.05) is 25.7 Å². The number of carbonyl (C=O) groups excluding carboxylic acids is 3. The molecule has 1 N–H and O–H groups in total. The molecule has 13 heteroatoms. The zero-order valence-corrected chi connectivity index (χ0v) is 24.9. The lowest BCUT2D eigenvalue weighted by molar-refractivity contribution is -0.113. The van der Waals surface area contributed by atoms with Crippen LogP contribution in [0.15, 0.2) is 36.0 Å². The highest BCUT2D eigenvalue weighted by atomic mass is 35.5. The van der Waals surface area contributed by atoms with Crippen molar-refractivity contribution in [3.05, 3.63) is 63.3 Å². The third-order valence-electron chi connectivity index (χ3n) is 5.58. The number of halogens is 1. The molecular formula is C26H30ClN5O5S2. The van der Waals surface area contributed by atoms with Gasteiger partial charge in [-0.3, -0.25) is 14.2 Å². The number of rotatable bonds is 11. The van der Waals surface area contributed by atoms with Crippen molar-refractivity contribution in [3.63, 3.8) is 0 Å². The Morgan fingerprint density at radius 3 is 2.62 bits per heavy atom. The van der Waals surface area contributed by atoms with Crippen LogP contribution in [-0.2, 0) is 16.1 Å². The van der Waals surface area contributed by atoms with E-state index < -0.39 is 12.1 Å². The van der Waals surface area contributed by atoms with Gasteiger partial charge in [0.25, 0.3) is 5.91 Å². The molecule has 0 aliphatic heterocycles. The molecule has 1 unspecified atom stereocenters. The zero-order chi connectivity index (χ0) is 28.9. The van der Waals surface area contributed by atoms with Crippen LogP contribution in [-0.4, -0.2) is 64.4 Å². The smallest absolute Gasteiger partial charge is 0.341 e. The first-order chi connectivity index (χ1) is 18.5. The molecule has 10 nitrogen and oxygen atoms in total. The second-order valence-corrected chi connectivity index (χ2v) is 11.1. The molecule has 0 aliphatic carbocycles. The maximum absolute atomic E-state index is 12.9. The van der Waals surface area contributed by atoms with Crippen LogP contribution >= 0.6 is 34.7 Å². The Morgan fingerprint density at radius 2 is 2.00 bits per heavy atom. The molecule has 1 atom stereocenters. The summed E-state index contributed by atoms with van der Waals surface area (Å²) in [5.74, 6) is -0.0622. The highest BCUT2D eigenvalue weighted by Gasteiger charge is 2.27. The summed E-state index contributed by atoms with van der Waals surface area (Å²) in [5, 5.41) is 12.7. The van der Waals surface area contributed by atoms with Gasteiger partial charge in [-0.25, -0.2) is 4.79 Å². The lowest BCUT2D eigenvalue weighted by atomic mass is 10.1. The van der Waals surface area contributed by atoms with Crippen LogP contribution in [0.2, 0.25) is 5.02 Å². The number of thioether (sulfide) groups is 1. The van der Waals surface area contributed by atoms with Crippen LogP contribution in [0.5, 0.6) is 5.75 Å². The quantitative estimate of drug-likeness (QED) is 0.185. The van der Waals surface area contributed by atoms with E-state index in [1.165, 1.54) is 23.8 Å². The van der Waals surface area contributed by atoms with Gasteiger partial charge in [-0.2, -0.15) is 0 Å². The first-order valence-electron chi connectivity index (χ1n) is 11.8. The minimum atomic E-state index is -0.634. The van der Waals surface area contributed by atoms with E-state index in [0.29, 0.717) is 38.7 Å². The third-order valence-corrected chi connectivity index (χ3v) is 7.98. The summed E-state index contributed by atoms with van der Waals surface area (Å²) in [5.41, 5.74) is 1.50. The van der Waals surface area contributed by atoms with Crippen LogP contribution in [0.25, 0.3) is 0 Å². The molecular weight excluding hydrogens is 562 g/mol. The maximum atomic E-state index is 12.9. The van der Waals surface area contributed by atoms with E-state index in [2.05, 4.69) is 22.1 Å². The van der Waals surface area contributed by atoms with Crippen molar-refractivity contribution in [2.45, 2.75) is 38.6 Å². The Bertz CT molecular complexity index is 1400. The molecule has 0 saturated heterocycles. The molecule has 39 heavy (non-hydrogen) atoms. The van der Waals surface area contributed by atoms with Gasteiger partial charge in [0.2, 0.25) is 5.91 Å². The van der Waals surface area contributed by atoms with Gasteiger partial charge in [0.1, 0.15) is 10.8 Å². The van der Waals surface area contributed by atoms with E-state index in [1.54, 1.807) is 39.2 Å². The zero-order valence-electron chi connectivity index (χ0n) is 22.5. The first kappa shape index (κ1) is 30.2. The monoisotopic (exact) mass is 591 g/mol. The Kier molecular flexibility index (Phi) is 10.2. The average Bonchev–Trinajstić information content (AvgIpc) is 3.43. The van der Waals surface area contributed by atoms with Crippen LogP contribution < -0.4 is 10.1 Å². The number of hydrogen-bond acceptors (Lipinski definition) is 9. The van der Waals surface area contributed by atoms with E-state index in [0.717, 1.165) is 16.9 Å². The molecule has 2 heterocycles. The van der Waals surface area contributed by atoms with Gasteiger partial charge in [-0.1, -0.05) is 29.4 Å². The second kappa shape index (κ2) is 13.1. The van der Waals surface area contributed by atoms with Crippen molar-refractivity contribution in [3.8, 4) is 5.75 Å². The fourth-order valence-electron chi connectivity index (χ4n) is 3.65. The molecule has 2 aromatic heterocycles. The van der Waals surface area contributed by atoms with Gasteiger partial charge in [-0.15, -0.1) is 28.1 Å². The number of carbonyl (C=O) groups is 3. The van der Waals surface area contributed by atoms with E-state index in [9.17, 15) is 14.4 Å². The maximum Gasteiger partial charge on any atom is 0.341 e. The number of hydrogen-bond donors (Lipinski definition) is 1. The van der Waals surface area contributed by atoms with Crippen molar-refractivity contribution in [2.24, 2.45) is 0 Å². The molecule has 3 rings (SSSR count). The lowest BCUT2D eigenvalue weighted by Gasteiger charge is -2.17. The fourth-order valence-corrected chi connectivity index (χ4v) is 5.86. The second-order valence-electron chi connectivity index (χ2n) is 8.70. The number of esters is 1. The van der Waals surface area contributed by atoms with Gasteiger partial charge in [0.15, 0.2) is 17.1 Å². The van der Waals surface area contributed by atoms with E-state index in [4.69, 9.17) is 21.1 Å². The Labute approximate surface area is 240 Å². The van der Waals surface area contributed by atoms with Crippen molar-refractivity contribution in [1.82, 2.24) is 19.7 Å². The molecule has 3 aromatic rings. The Balaban J connectivity index is 1.77. The van der Waals surface area contributed by atoms with Gasteiger partial charge in [0.05, 0.1) is 23.3 Å². The molecule has 0 fully saturated rings. The molecule has 0 aliphatic rings. The summed E-state index contributed by atoms with van der Waals surface area (Å²) < 4.78 is 12.8. The van der Waals surface area contributed by atoms with Crippen molar-refractivity contribution >= 4 is 57.5 Å². The normalized spacial score (nSPS) is 11.6. The standard InChI is InChI=1S/C26H30ClN5O5S2/c1-8-11-32-22(16(4)37-18-10-9-17(27)12-14(18)2)29-30-26(32)38-13-19(33)28-23-20(25(35)36-7)15(3)21(39-23)24(34)31(5)6/h8-10,12,16H,1,11,13H2,2-7H3,(H,28,33). The molecule has 0 radical (unpaired) electrons. The SMILES string of the molecule is C=CCn1c(SCC(=O)Nc2sc(C(=O)N(C)C)c(C)c2C(=O)OC)nnc1C(C)Oc1ccc(Cl)cc1C. The minimum absolute atomic E-state index is 0.0185. The highest BCUT2D eigenvalue weighted by Crippen LogP contribution is 2.35. The number of ether oxygens (including phenoxy) is 2. The van der Waals surface area contributed by atoms with Crippen LogP contribution in [0.1, 0.15) is 50.0 Å². The topological polar surface area (TPSA) is 116 Å². The summed E-state index contributed by atoms with van der Waals surface area (Å²) in [4.78, 5) is 39.7. The average molecular weight is 592 g/mol. The van der Waals surface area contributed by atoms with Crippen molar-refractivity contribution in [1.29, 1.82) is 0 Å². The molecule has 2 amide bonds. The Hall–Kier alpha value is -3.35. The number of aryl methyl sites for hydroxylation is 1. The van der Waals surface area contributed by atoms with Gasteiger partial charge >= 0.3 is 5.97 Å². The number of methoxy groups -OCH3 is 1. The number of nitrogens with zero attached hydrogens (tertiary/aromatic N) is 4. The van der Waals surface area contributed by atoms with Crippen LogP contribution in [0.3, 0.4) is 0 Å². The molecule has 0 spiro atoms. The minimum Gasteiger partial charge on any atom is -0.482 e. The number of aromatic nitrogens is 3. The summed E-state index contributed by atoms with van der Waals surface area (Å²) in [6.07, 6.45) is 1.27. The number of nitrogens with one attached hydrogen (secondary N) is 1. The van der Waals surface area contributed by atoms with Crippen molar-refractivity contribution < 1.29 is 23.9 Å². The number of thiophene rings is 1. The molecule has 208 valence electrons. The first-order valence-corrected chi connectivity index (χ1v) is 14.0. The number of allylic oxidation sites excluding steroid dienone is 1. The molecule has 1 aromatic carbocycles. The predicted molar refractivity (Wildman–Crippen MR) is 153 cm³/mol.